The fraction of sp³-hybridized carbons (Fsp3) is 0.429. The predicted octanol–water partition coefficient (Wildman–Crippen LogP) is 1.33. The molecule has 2 N–H and O–H groups in total. The zero-order chi connectivity index (χ0) is 6.85. The molecule has 0 saturated carbocycles. The predicted molar refractivity (Wildman–Crippen MR) is 38.7 cm³/mol. The van der Waals surface area contributed by atoms with Gasteiger partial charge in [0.05, 0.1) is 0 Å². The Labute approximate surface area is 55.3 Å². The summed E-state index contributed by atoms with van der Waals surface area (Å²) in [5, 5.41) is 0. The first-order valence-electron chi connectivity index (χ1n) is 3.14. The lowest BCUT2D eigenvalue weighted by Crippen LogP contribution is -2.11. The third kappa shape index (κ3) is 1.07. The molecule has 0 radical (unpaired) electrons. The van der Waals surface area contributed by atoms with Crippen LogP contribution < -0.4 is 5.84 Å². The second kappa shape index (κ2) is 2.13. The van der Waals surface area contributed by atoms with E-state index in [0.29, 0.717) is 5.92 Å². The molecule has 0 aliphatic carbocycles. The van der Waals surface area contributed by atoms with Crippen molar-refractivity contribution < 1.29 is 0 Å². The molecule has 2 heteroatoms. The molecule has 1 heterocycles. The van der Waals surface area contributed by atoms with Crippen LogP contribution in [0.5, 0.6) is 0 Å². The van der Waals surface area contributed by atoms with Crippen LogP contribution in [-0.2, 0) is 0 Å². The Bertz CT molecular complexity index is 189. The number of nitrogens with two attached hydrogens (primary N) is 1. The molecular formula is C7H12N2. The van der Waals surface area contributed by atoms with E-state index in [1.54, 1.807) is 4.68 Å². The Balaban J connectivity index is 2.94. The molecule has 1 aromatic heterocycles. The van der Waals surface area contributed by atoms with Crippen molar-refractivity contribution in [3.05, 3.63) is 24.0 Å². The quantitative estimate of drug-likeness (QED) is 0.562. The minimum Gasteiger partial charge on any atom is -0.339 e. The summed E-state index contributed by atoms with van der Waals surface area (Å²) >= 11 is 0. The molecule has 0 atom stereocenters. The fourth-order valence-electron chi connectivity index (χ4n) is 0.897. The molecule has 50 valence electrons. The maximum Gasteiger partial charge on any atom is 0.0417 e. The maximum atomic E-state index is 5.56. The molecule has 0 aliphatic heterocycles. The van der Waals surface area contributed by atoms with E-state index < -0.39 is 0 Å². The molecule has 0 unspecified atom stereocenters. The highest BCUT2D eigenvalue weighted by atomic mass is 15.3. The van der Waals surface area contributed by atoms with Crippen LogP contribution in [0.25, 0.3) is 0 Å². The van der Waals surface area contributed by atoms with Gasteiger partial charge in [-0.1, -0.05) is 13.8 Å². The monoisotopic (exact) mass is 124 g/mol. The van der Waals surface area contributed by atoms with Crippen LogP contribution in [0.1, 0.15) is 25.5 Å². The van der Waals surface area contributed by atoms with Crippen molar-refractivity contribution in [2.75, 3.05) is 5.84 Å². The third-order valence-corrected chi connectivity index (χ3v) is 1.40. The van der Waals surface area contributed by atoms with Gasteiger partial charge in [0.1, 0.15) is 0 Å². The zero-order valence-electron chi connectivity index (χ0n) is 5.83. The van der Waals surface area contributed by atoms with Gasteiger partial charge in [-0.25, -0.2) is 0 Å². The summed E-state index contributed by atoms with van der Waals surface area (Å²) in [7, 11) is 0. The lowest BCUT2D eigenvalue weighted by molar-refractivity contribution is 0.770. The van der Waals surface area contributed by atoms with Crippen molar-refractivity contribution in [2.45, 2.75) is 19.8 Å². The van der Waals surface area contributed by atoms with Gasteiger partial charge in [-0.05, 0) is 18.1 Å². The van der Waals surface area contributed by atoms with Gasteiger partial charge in [-0.2, -0.15) is 0 Å². The third-order valence-electron chi connectivity index (χ3n) is 1.40. The number of hydrogen-bond donors (Lipinski definition) is 1. The molecule has 0 amide bonds. The van der Waals surface area contributed by atoms with Crippen molar-refractivity contribution in [3.8, 4) is 0 Å². The highest BCUT2D eigenvalue weighted by Gasteiger charge is 2.00. The van der Waals surface area contributed by atoms with Crippen LogP contribution in [0.4, 0.5) is 0 Å². The van der Waals surface area contributed by atoms with Gasteiger partial charge in [0.25, 0.3) is 0 Å². The summed E-state index contributed by atoms with van der Waals surface area (Å²) in [5.74, 6) is 6.08. The van der Waals surface area contributed by atoms with Gasteiger partial charge in [0, 0.05) is 11.9 Å². The molecule has 0 fully saturated rings. The number of rotatable bonds is 1. The van der Waals surface area contributed by atoms with Gasteiger partial charge < -0.3 is 5.84 Å². The van der Waals surface area contributed by atoms with Crippen LogP contribution in [0.15, 0.2) is 18.3 Å². The zero-order valence-corrected chi connectivity index (χ0v) is 5.83. The molecule has 0 saturated heterocycles. The van der Waals surface area contributed by atoms with Crippen LogP contribution in [0, 0.1) is 0 Å². The number of nitrogen functional groups attached to an aromatic ring is 1. The molecule has 2 nitrogen and oxygen atoms in total. The highest BCUT2D eigenvalue weighted by Crippen LogP contribution is 2.11. The summed E-state index contributed by atoms with van der Waals surface area (Å²) in [6.07, 6.45) is 1.86. The highest BCUT2D eigenvalue weighted by molar-refractivity contribution is 5.10. The van der Waals surface area contributed by atoms with Gasteiger partial charge >= 0.3 is 0 Å². The van der Waals surface area contributed by atoms with E-state index in [4.69, 9.17) is 5.84 Å². The molecule has 9 heavy (non-hydrogen) atoms. The molecule has 0 bridgehead atoms. The van der Waals surface area contributed by atoms with E-state index in [0.717, 1.165) is 0 Å². The summed E-state index contributed by atoms with van der Waals surface area (Å²) < 4.78 is 1.66. The standard InChI is InChI=1S/C7H12N2/c1-6(2)7-4-3-5-9(7)8/h3-6H,8H2,1-2H3. The van der Waals surface area contributed by atoms with Crippen molar-refractivity contribution in [2.24, 2.45) is 0 Å². The Hall–Kier alpha value is -0.920. The first-order chi connectivity index (χ1) is 4.22. The summed E-state index contributed by atoms with van der Waals surface area (Å²) in [6, 6.07) is 3.99. The molecular weight excluding hydrogens is 112 g/mol. The average molecular weight is 124 g/mol. The van der Waals surface area contributed by atoms with E-state index in [2.05, 4.69) is 13.8 Å². The van der Waals surface area contributed by atoms with Crippen LogP contribution in [0.3, 0.4) is 0 Å². The average Bonchev–Trinajstić information content (AvgIpc) is 2.13. The van der Waals surface area contributed by atoms with E-state index >= 15 is 0 Å². The Morgan fingerprint density at radius 2 is 2.22 bits per heavy atom. The minimum absolute atomic E-state index is 0.519. The minimum atomic E-state index is 0.519. The Morgan fingerprint density at radius 1 is 1.56 bits per heavy atom. The lowest BCUT2D eigenvalue weighted by atomic mass is 10.1. The molecule has 1 aromatic rings. The van der Waals surface area contributed by atoms with E-state index in [1.807, 2.05) is 18.3 Å². The van der Waals surface area contributed by atoms with Crippen molar-refractivity contribution in [1.29, 1.82) is 0 Å². The molecule has 0 aromatic carbocycles. The van der Waals surface area contributed by atoms with E-state index in [9.17, 15) is 0 Å². The van der Waals surface area contributed by atoms with Crippen LogP contribution in [-0.4, -0.2) is 4.68 Å². The van der Waals surface area contributed by atoms with Crippen molar-refractivity contribution >= 4 is 0 Å². The van der Waals surface area contributed by atoms with Gasteiger partial charge in [-0.15, -0.1) is 0 Å². The van der Waals surface area contributed by atoms with Crippen LogP contribution >= 0.6 is 0 Å². The van der Waals surface area contributed by atoms with E-state index in [-0.39, 0.29) is 0 Å². The second-order valence-corrected chi connectivity index (χ2v) is 2.50. The van der Waals surface area contributed by atoms with Gasteiger partial charge in [-0.3, -0.25) is 4.68 Å². The Kier molecular flexibility index (Phi) is 1.47. The Morgan fingerprint density at radius 3 is 2.44 bits per heavy atom. The number of nitrogens with zero attached hydrogens (tertiary/aromatic N) is 1. The largest absolute Gasteiger partial charge is 0.339 e. The van der Waals surface area contributed by atoms with Crippen molar-refractivity contribution in [1.82, 2.24) is 4.68 Å². The molecule has 1 rings (SSSR count). The lowest BCUT2D eigenvalue weighted by Gasteiger charge is -2.04. The number of hydrogen-bond acceptors (Lipinski definition) is 1. The van der Waals surface area contributed by atoms with E-state index in [1.165, 1.54) is 5.69 Å². The second-order valence-electron chi connectivity index (χ2n) is 2.50. The SMILES string of the molecule is CC(C)c1cccn1N. The summed E-state index contributed by atoms with van der Waals surface area (Å²) in [6.45, 7) is 4.25. The topological polar surface area (TPSA) is 30.9 Å². The maximum absolute atomic E-state index is 5.56. The van der Waals surface area contributed by atoms with Crippen LogP contribution in [0.2, 0.25) is 0 Å². The number of aromatic nitrogens is 1. The van der Waals surface area contributed by atoms with Crippen molar-refractivity contribution in [3.63, 3.8) is 0 Å². The first-order valence-corrected chi connectivity index (χ1v) is 3.14. The molecule has 0 spiro atoms. The van der Waals surface area contributed by atoms with Gasteiger partial charge in [0.2, 0.25) is 0 Å². The fourth-order valence-corrected chi connectivity index (χ4v) is 0.897. The summed E-state index contributed by atoms with van der Waals surface area (Å²) in [4.78, 5) is 0. The summed E-state index contributed by atoms with van der Waals surface area (Å²) in [5.41, 5.74) is 1.18. The van der Waals surface area contributed by atoms with Gasteiger partial charge in [0.15, 0.2) is 0 Å². The normalized spacial score (nSPS) is 10.6. The molecule has 0 aliphatic rings. The smallest absolute Gasteiger partial charge is 0.0417 e. The first kappa shape index (κ1) is 6.20.